The minimum atomic E-state index is -0.600. The summed E-state index contributed by atoms with van der Waals surface area (Å²) in [7, 11) is 0. The number of carbonyl (C=O) groups excluding carboxylic acids is 1. The van der Waals surface area contributed by atoms with Crippen molar-refractivity contribution in [2.75, 3.05) is 0 Å². The van der Waals surface area contributed by atoms with Crippen LogP contribution in [0.15, 0.2) is 48.5 Å². The first kappa shape index (κ1) is 13.9. The van der Waals surface area contributed by atoms with E-state index in [4.69, 9.17) is 27.9 Å². The summed E-state index contributed by atoms with van der Waals surface area (Å²) < 4.78 is 5.57. The molecule has 19 heavy (non-hydrogen) atoms. The highest BCUT2D eigenvalue weighted by molar-refractivity contribution is 6.31. The molecule has 0 bridgehead atoms. The van der Waals surface area contributed by atoms with E-state index in [1.807, 2.05) is 0 Å². The van der Waals surface area contributed by atoms with Gasteiger partial charge in [-0.3, -0.25) is 4.79 Å². The van der Waals surface area contributed by atoms with Gasteiger partial charge >= 0.3 is 0 Å². The molecule has 0 radical (unpaired) electrons. The molecule has 1 unspecified atom stereocenters. The summed E-state index contributed by atoms with van der Waals surface area (Å²) in [6, 6.07) is 13.7. The van der Waals surface area contributed by atoms with Gasteiger partial charge in [-0.2, -0.15) is 0 Å². The highest BCUT2D eigenvalue weighted by Crippen LogP contribution is 2.20. The lowest BCUT2D eigenvalue weighted by atomic mass is 10.1. The van der Waals surface area contributed by atoms with Crippen molar-refractivity contribution in [1.29, 1.82) is 0 Å². The van der Waals surface area contributed by atoms with E-state index >= 15 is 0 Å². The van der Waals surface area contributed by atoms with Crippen LogP contribution in [-0.4, -0.2) is 11.9 Å². The summed E-state index contributed by atoms with van der Waals surface area (Å²) in [5.74, 6) is 0.442. The lowest BCUT2D eigenvalue weighted by Crippen LogP contribution is -2.23. The Morgan fingerprint density at radius 3 is 2.32 bits per heavy atom. The molecule has 0 aliphatic carbocycles. The Labute approximate surface area is 121 Å². The van der Waals surface area contributed by atoms with Crippen LogP contribution in [0, 0.1) is 0 Å². The summed E-state index contributed by atoms with van der Waals surface area (Å²) in [6.45, 7) is 1.70. The lowest BCUT2D eigenvalue weighted by Gasteiger charge is -2.14. The Morgan fingerprint density at radius 2 is 1.68 bits per heavy atom. The number of ketones is 1. The third-order valence-corrected chi connectivity index (χ3v) is 3.06. The Kier molecular flexibility index (Phi) is 4.46. The maximum Gasteiger partial charge on any atom is 0.203 e. The van der Waals surface area contributed by atoms with Crippen LogP contribution in [0.3, 0.4) is 0 Å². The predicted molar refractivity (Wildman–Crippen MR) is 77.3 cm³/mol. The molecule has 1 atom stereocenters. The fourth-order valence-electron chi connectivity index (χ4n) is 1.67. The van der Waals surface area contributed by atoms with Crippen molar-refractivity contribution in [3.8, 4) is 5.75 Å². The number of halogens is 2. The van der Waals surface area contributed by atoms with Gasteiger partial charge in [-0.25, -0.2) is 0 Å². The number of benzene rings is 2. The minimum Gasteiger partial charge on any atom is -0.483 e. The summed E-state index contributed by atoms with van der Waals surface area (Å²) >= 11 is 11.7. The molecular weight excluding hydrogens is 283 g/mol. The number of carbonyl (C=O) groups is 1. The van der Waals surface area contributed by atoms with Gasteiger partial charge in [0.15, 0.2) is 6.10 Å². The van der Waals surface area contributed by atoms with Gasteiger partial charge in [0.05, 0.1) is 0 Å². The fourth-order valence-corrected chi connectivity index (χ4v) is 2.04. The van der Waals surface area contributed by atoms with Gasteiger partial charge in [0.2, 0.25) is 5.78 Å². The molecule has 0 fully saturated rings. The van der Waals surface area contributed by atoms with Crippen LogP contribution in [0.5, 0.6) is 5.75 Å². The maximum absolute atomic E-state index is 12.2. The van der Waals surface area contributed by atoms with Crippen molar-refractivity contribution in [3.05, 3.63) is 64.1 Å². The minimum absolute atomic E-state index is 0.123. The molecule has 2 aromatic carbocycles. The van der Waals surface area contributed by atoms with Gasteiger partial charge in [0.1, 0.15) is 5.75 Å². The highest BCUT2D eigenvalue weighted by atomic mass is 35.5. The Bertz CT molecular complexity index is 596. The Balaban J connectivity index is 2.12. The third kappa shape index (κ3) is 3.72. The molecule has 0 saturated carbocycles. The summed E-state index contributed by atoms with van der Waals surface area (Å²) in [5, 5.41) is 1.10. The van der Waals surface area contributed by atoms with Crippen LogP contribution >= 0.6 is 23.2 Å². The van der Waals surface area contributed by atoms with Crippen LogP contribution in [0.1, 0.15) is 17.3 Å². The van der Waals surface area contributed by atoms with E-state index in [2.05, 4.69) is 0 Å². The van der Waals surface area contributed by atoms with Crippen LogP contribution in [-0.2, 0) is 0 Å². The van der Waals surface area contributed by atoms with Crippen LogP contribution in [0.25, 0.3) is 0 Å². The average Bonchev–Trinajstić information content (AvgIpc) is 2.38. The molecule has 0 heterocycles. The SMILES string of the molecule is CC(Oc1cccc(Cl)c1)C(=O)c1cccc(Cl)c1. The zero-order valence-corrected chi connectivity index (χ0v) is 11.8. The molecular formula is C15H12Cl2O2. The molecule has 2 aromatic rings. The monoisotopic (exact) mass is 294 g/mol. The second-order valence-electron chi connectivity index (χ2n) is 4.09. The van der Waals surface area contributed by atoms with Gasteiger partial charge in [-0.1, -0.05) is 41.4 Å². The molecule has 4 heteroatoms. The molecule has 0 aliphatic rings. The smallest absolute Gasteiger partial charge is 0.203 e. The second-order valence-corrected chi connectivity index (χ2v) is 4.96. The molecule has 2 rings (SSSR count). The van der Waals surface area contributed by atoms with Crippen LogP contribution in [0.2, 0.25) is 10.0 Å². The normalized spacial score (nSPS) is 11.9. The summed E-state index contributed by atoms with van der Waals surface area (Å²) in [6.07, 6.45) is -0.600. The molecule has 0 aromatic heterocycles. The van der Waals surface area contributed by atoms with Crippen molar-refractivity contribution >= 4 is 29.0 Å². The largest absolute Gasteiger partial charge is 0.483 e. The number of hydrogen-bond acceptors (Lipinski definition) is 2. The van der Waals surface area contributed by atoms with Gasteiger partial charge in [-0.15, -0.1) is 0 Å². The molecule has 0 spiro atoms. The molecule has 2 nitrogen and oxygen atoms in total. The average molecular weight is 295 g/mol. The quantitative estimate of drug-likeness (QED) is 0.768. The number of Topliss-reactive ketones (excluding diaryl/α,β-unsaturated/α-hetero) is 1. The predicted octanol–water partition coefficient (Wildman–Crippen LogP) is 4.64. The maximum atomic E-state index is 12.2. The van der Waals surface area contributed by atoms with E-state index in [-0.39, 0.29) is 5.78 Å². The first-order valence-electron chi connectivity index (χ1n) is 5.78. The van der Waals surface area contributed by atoms with Crippen molar-refractivity contribution in [3.63, 3.8) is 0 Å². The van der Waals surface area contributed by atoms with Crippen molar-refractivity contribution in [2.45, 2.75) is 13.0 Å². The van der Waals surface area contributed by atoms with E-state index in [1.165, 1.54) is 0 Å². The van der Waals surface area contributed by atoms with Crippen molar-refractivity contribution in [1.82, 2.24) is 0 Å². The summed E-state index contributed by atoms with van der Waals surface area (Å²) in [5.41, 5.74) is 0.530. The lowest BCUT2D eigenvalue weighted by molar-refractivity contribution is 0.0818. The number of rotatable bonds is 4. The topological polar surface area (TPSA) is 26.3 Å². The van der Waals surface area contributed by atoms with E-state index in [0.29, 0.717) is 21.4 Å². The highest BCUT2D eigenvalue weighted by Gasteiger charge is 2.17. The molecule has 0 saturated heterocycles. The van der Waals surface area contributed by atoms with E-state index < -0.39 is 6.10 Å². The molecule has 0 aliphatic heterocycles. The molecule has 0 N–H and O–H groups in total. The number of ether oxygens (including phenoxy) is 1. The van der Waals surface area contributed by atoms with Crippen molar-refractivity contribution < 1.29 is 9.53 Å². The zero-order chi connectivity index (χ0) is 13.8. The van der Waals surface area contributed by atoms with Gasteiger partial charge in [-0.05, 0) is 37.3 Å². The summed E-state index contributed by atoms with van der Waals surface area (Å²) in [4.78, 5) is 12.2. The Morgan fingerprint density at radius 1 is 1.05 bits per heavy atom. The van der Waals surface area contributed by atoms with Gasteiger partial charge in [0.25, 0.3) is 0 Å². The number of hydrogen-bond donors (Lipinski definition) is 0. The Hall–Kier alpha value is -1.51. The first-order chi connectivity index (χ1) is 9.06. The van der Waals surface area contributed by atoms with Gasteiger partial charge in [0, 0.05) is 15.6 Å². The first-order valence-corrected chi connectivity index (χ1v) is 6.54. The standard InChI is InChI=1S/C15H12Cl2O2/c1-10(19-14-7-3-6-13(17)9-14)15(18)11-4-2-5-12(16)8-11/h2-10H,1H3. The zero-order valence-electron chi connectivity index (χ0n) is 10.3. The van der Waals surface area contributed by atoms with E-state index in [9.17, 15) is 4.79 Å². The van der Waals surface area contributed by atoms with Gasteiger partial charge < -0.3 is 4.74 Å². The molecule has 0 amide bonds. The van der Waals surface area contributed by atoms with E-state index in [0.717, 1.165) is 0 Å². The van der Waals surface area contributed by atoms with Crippen LogP contribution in [0.4, 0.5) is 0 Å². The van der Waals surface area contributed by atoms with Crippen LogP contribution < -0.4 is 4.74 Å². The second kappa shape index (κ2) is 6.09. The fraction of sp³-hybridized carbons (Fsp3) is 0.133. The third-order valence-electron chi connectivity index (χ3n) is 2.59. The molecule has 98 valence electrons. The van der Waals surface area contributed by atoms with Crippen molar-refractivity contribution in [2.24, 2.45) is 0 Å². The van der Waals surface area contributed by atoms with E-state index in [1.54, 1.807) is 55.5 Å².